The second-order valence-electron chi connectivity index (χ2n) is 4.21. The van der Waals surface area contributed by atoms with Crippen LogP contribution in [0.2, 0.25) is 10.0 Å². The van der Waals surface area contributed by atoms with E-state index in [2.05, 4.69) is 37.2 Å². The van der Waals surface area contributed by atoms with Crippen LogP contribution in [0.1, 0.15) is 10.4 Å². The largest absolute Gasteiger partial charge is 0.506 e. The van der Waals surface area contributed by atoms with Crippen LogP contribution >= 0.6 is 55.1 Å². The van der Waals surface area contributed by atoms with E-state index in [0.29, 0.717) is 19.7 Å². The topological polar surface area (TPSA) is 58.6 Å². The first-order valence-electron chi connectivity index (χ1n) is 5.86. The SMILES string of the molecule is COc1c(Cl)cc(Cl)cc1C(=O)Nc1cc(Br)c(O)c(Br)c1. The molecule has 2 N–H and O–H groups in total. The highest BCUT2D eigenvalue weighted by Crippen LogP contribution is 2.36. The van der Waals surface area contributed by atoms with Gasteiger partial charge in [-0.3, -0.25) is 4.79 Å². The number of benzene rings is 2. The van der Waals surface area contributed by atoms with Crippen LogP contribution in [0.4, 0.5) is 5.69 Å². The fraction of sp³-hybridized carbons (Fsp3) is 0.0714. The summed E-state index contributed by atoms with van der Waals surface area (Å²) in [5.74, 6) is -0.160. The van der Waals surface area contributed by atoms with Crippen molar-refractivity contribution in [1.29, 1.82) is 0 Å². The summed E-state index contributed by atoms with van der Waals surface area (Å²) >= 11 is 18.3. The van der Waals surface area contributed by atoms with Gasteiger partial charge in [0.15, 0.2) is 0 Å². The number of hydrogen-bond acceptors (Lipinski definition) is 3. The molecule has 0 saturated carbocycles. The van der Waals surface area contributed by atoms with Crippen molar-refractivity contribution in [3.63, 3.8) is 0 Å². The van der Waals surface area contributed by atoms with Gasteiger partial charge in [0.1, 0.15) is 11.5 Å². The zero-order chi connectivity index (χ0) is 16.4. The summed E-state index contributed by atoms with van der Waals surface area (Å²) in [6.07, 6.45) is 0. The molecule has 0 spiro atoms. The quantitative estimate of drug-likeness (QED) is 0.585. The maximum absolute atomic E-state index is 12.4. The normalized spacial score (nSPS) is 10.4. The van der Waals surface area contributed by atoms with Crippen molar-refractivity contribution in [3.05, 3.63) is 48.8 Å². The van der Waals surface area contributed by atoms with Gasteiger partial charge in [0.2, 0.25) is 0 Å². The lowest BCUT2D eigenvalue weighted by atomic mass is 10.1. The molecule has 0 aromatic heterocycles. The zero-order valence-electron chi connectivity index (χ0n) is 11.1. The molecule has 1 amide bonds. The van der Waals surface area contributed by atoms with Gasteiger partial charge in [-0.15, -0.1) is 0 Å². The van der Waals surface area contributed by atoms with Gasteiger partial charge in [-0.05, 0) is 56.1 Å². The van der Waals surface area contributed by atoms with Gasteiger partial charge in [0.05, 0.1) is 26.6 Å². The summed E-state index contributed by atoms with van der Waals surface area (Å²) in [4.78, 5) is 12.4. The molecular weight excluding hydrogens is 461 g/mol. The van der Waals surface area contributed by atoms with E-state index in [1.54, 1.807) is 12.1 Å². The Balaban J connectivity index is 2.38. The van der Waals surface area contributed by atoms with Gasteiger partial charge in [-0.2, -0.15) is 0 Å². The highest BCUT2D eigenvalue weighted by atomic mass is 79.9. The van der Waals surface area contributed by atoms with Crippen molar-refractivity contribution >= 4 is 66.7 Å². The lowest BCUT2D eigenvalue weighted by Gasteiger charge is -2.12. The van der Waals surface area contributed by atoms with E-state index in [0.717, 1.165) is 0 Å². The van der Waals surface area contributed by atoms with E-state index in [1.807, 2.05) is 0 Å². The second-order valence-corrected chi connectivity index (χ2v) is 6.76. The Labute approximate surface area is 153 Å². The lowest BCUT2D eigenvalue weighted by Crippen LogP contribution is -2.13. The van der Waals surface area contributed by atoms with Crippen LogP contribution in [0.3, 0.4) is 0 Å². The average molecular weight is 470 g/mol. The Hall–Kier alpha value is -0.950. The summed E-state index contributed by atoms with van der Waals surface area (Å²) in [5, 5.41) is 12.9. The third kappa shape index (κ3) is 3.68. The van der Waals surface area contributed by atoms with Crippen molar-refractivity contribution in [2.75, 3.05) is 12.4 Å². The molecule has 2 aromatic carbocycles. The van der Waals surface area contributed by atoms with Crippen LogP contribution in [0.25, 0.3) is 0 Å². The first-order valence-corrected chi connectivity index (χ1v) is 8.20. The minimum Gasteiger partial charge on any atom is -0.506 e. The molecule has 0 aliphatic carbocycles. The van der Waals surface area contributed by atoms with Crippen molar-refractivity contribution < 1.29 is 14.6 Å². The number of carbonyl (C=O) groups excluding carboxylic acids is 1. The highest BCUT2D eigenvalue weighted by molar-refractivity contribution is 9.11. The zero-order valence-corrected chi connectivity index (χ0v) is 15.8. The molecule has 0 bridgehead atoms. The standard InChI is InChI=1S/C14H9Br2Cl2NO3/c1-22-13-8(2-6(17)3-11(13)18)14(21)19-7-4-9(15)12(20)10(16)5-7/h2-5,20H,1H3,(H,19,21). The first-order chi connectivity index (χ1) is 10.3. The van der Waals surface area contributed by atoms with Crippen LogP contribution in [-0.4, -0.2) is 18.1 Å². The van der Waals surface area contributed by atoms with Crippen molar-refractivity contribution in [2.24, 2.45) is 0 Å². The number of rotatable bonds is 3. The Morgan fingerprint density at radius 3 is 2.32 bits per heavy atom. The molecule has 2 rings (SSSR count). The van der Waals surface area contributed by atoms with E-state index in [4.69, 9.17) is 27.9 Å². The number of halogens is 4. The van der Waals surface area contributed by atoms with Gasteiger partial charge in [-0.25, -0.2) is 0 Å². The van der Waals surface area contributed by atoms with Crippen LogP contribution in [0.15, 0.2) is 33.2 Å². The number of carbonyl (C=O) groups is 1. The predicted molar refractivity (Wildman–Crippen MR) is 94.5 cm³/mol. The van der Waals surface area contributed by atoms with Crippen LogP contribution < -0.4 is 10.1 Å². The number of nitrogens with one attached hydrogen (secondary N) is 1. The maximum Gasteiger partial charge on any atom is 0.259 e. The van der Waals surface area contributed by atoms with Crippen LogP contribution in [0, 0.1) is 0 Å². The first kappa shape index (κ1) is 17.4. The molecule has 0 atom stereocenters. The van der Waals surface area contributed by atoms with Gasteiger partial charge in [0.25, 0.3) is 5.91 Å². The summed E-state index contributed by atoms with van der Waals surface area (Å²) in [6, 6.07) is 6.09. The number of ether oxygens (including phenoxy) is 1. The Kier molecular flexibility index (Phi) is 5.60. The van der Waals surface area contributed by atoms with Crippen molar-refractivity contribution in [1.82, 2.24) is 0 Å². The second kappa shape index (κ2) is 7.08. The number of amides is 1. The van der Waals surface area contributed by atoms with Crippen LogP contribution in [-0.2, 0) is 0 Å². The minimum absolute atomic E-state index is 0.0429. The third-order valence-electron chi connectivity index (χ3n) is 2.73. The molecule has 4 nitrogen and oxygen atoms in total. The Morgan fingerprint density at radius 1 is 1.18 bits per heavy atom. The fourth-order valence-electron chi connectivity index (χ4n) is 1.77. The Morgan fingerprint density at radius 2 is 1.77 bits per heavy atom. The number of hydrogen-bond donors (Lipinski definition) is 2. The number of aromatic hydroxyl groups is 1. The smallest absolute Gasteiger partial charge is 0.259 e. The number of phenolic OH excluding ortho intramolecular Hbond substituents is 1. The molecule has 0 radical (unpaired) electrons. The molecule has 0 fully saturated rings. The maximum atomic E-state index is 12.4. The van der Waals surface area contributed by atoms with Gasteiger partial charge < -0.3 is 15.2 Å². The monoisotopic (exact) mass is 467 g/mol. The summed E-state index contributed by atoms with van der Waals surface area (Å²) < 4.78 is 6.02. The van der Waals surface area contributed by atoms with E-state index >= 15 is 0 Å². The Bertz CT molecular complexity index is 730. The molecule has 2 aromatic rings. The fourth-order valence-corrected chi connectivity index (χ4v) is 3.53. The van der Waals surface area contributed by atoms with E-state index in [-0.39, 0.29) is 22.1 Å². The van der Waals surface area contributed by atoms with Gasteiger partial charge in [0, 0.05) is 10.7 Å². The molecule has 8 heteroatoms. The molecule has 0 aliphatic heterocycles. The molecule has 0 aliphatic rings. The van der Waals surface area contributed by atoms with Crippen molar-refractivity contribution in [2.45, 2.75) is 0 Å². The van der Waals surface area contributed by atoms with E-state index < -0.39 is 5.91 Å². The molecule has 0 saturated heterocycles. The highest BCUT2D eigenvalue weighted by Gasteiger charge is 2.18. The minimum atomic E-state index is -0.439. The number of phenols is 1. The molecule has 0 unspecified atom stereocenters. The summed E-state index contributed by atoms with van der Waals surface area (Å²) in [6.45, 7) is 0. The number of anilines is 1. The van der Waals surface area contributed by atoms with Gasteiger partial charge in [-0.1, -0.05) is 23.2 Å². The number of methoxy groups -OCH3 is 1. The van der Waals surface area contributed by atoms with Crippen LogP contribution in [0.5, 0.6) is 11.5 Å². The molecular formula is C14H9Br2Cl2NO3. The molecule has 0 heterocycles. The third-order valence-corrected chi connectivity index (χ3v) is 4.44. The molecule has 22 heavy (non-hydrogen) atoms. The lowest BCUT2D eigenvalue weighted by molar-refractivity contribution is 0.102. The van der Waals surface area contributed by atoms with E-state index in [9.17, 15) is 9.90 Å². The summed E-state index contributed by atoms with van der Waals surface area (Å²) in [7, 11) is 1.42. The molecule has 116 valence electrons. The van der Waals surface area contributed by atoms with E-state index in [1.165, 1.54) is 19.2 Å². The average Bonchev–Trinajstić information content (AvgIpc) is 2.43. The summed E-state index contributed by atoms with van der Waals surface area (Å²) in [5.41, 5.74) is 0.681. The van der Waals surface area contributed by atoms with Crippen molar-refractivity contribution in [3.8, 4) is 11.5 Å². The van der Waals surface area contributed by atoms with Gasteiger partial charge >= 0.3 is 0 Å². The predicted octanol–water partition coefficient (Wildman–Crippen LogP) is 5.48.